The fourth-order valence-electron chi connectivity index (χ4n) is 2.79. The van der Waals surface area contributed by atoms with Crippen molar-refractivity contribution < 1.29 is 14.0 Å². The van der Waals surface area contributed by atoms with Crippen LogP contribution < -0.4 is 5.32 Å². The fourth-order valence-corrected chi connectivity index (χ4v) is 3.85. The number of rotatable bonds is 8. The van der Waals surface area contributed by atoms with Gasteiger partial charge in [-0.1, -0.05) is 41.9 Å². The summed E-state index contributed by atoms with van der Waals surface area (Å²) >= 11 is 7.71. The molecule has 7 heteroatoms. The van der Waals surface area contributed by atoms with Crippen LogP contribution in [0, 0.1) is 5.82 Å². The molecule has 2 rings (SSSR count). The lowest BCUT2D eigenvalue weighted by Gasteiger charge is -2.31. The number of nitrogens with one attached hydrogen (secondary N) is 1. The van der Waals surface area contributed by atoms with Crippen LogP contribution in [-0.4, -0.2) is 34.0 Å². The summed E-state index contributed by atoms with van der Waals surface area (Å²) in [5.74, 6) is 0.123. The third kappa shape index (κ3) is 7.65. The Bertz CT molecular complexity index is 868. The highest BCUT2D eigenvalue weighted by molar-refractivity contribution is 7.99. The van der Waals surface area contributed by atoms with Gasteiger partial charge in [0.1, 0.15) is 11.9 Å². The standard InChI is InChI=1S/C23H28ClFN2O2S/c1-16(22(29)26-23(2,3)4)27(13-18-7-5-6-8-20(18)24)21(28)15-30-14-17-9-11-19(25)12-10-17/h5-12,16H,13-15H2,1-4H3,(H,26,29)/t16-/m0/s1. The van der Waals surface area contributed by atoms with Crippen LogP contribution in [0.2, 0.25) is 5.02 Å². The highest BCUT2D eigenvalue weighted by Gasteiger charge is 2.28. The first-order chi connectivity index (χ1) is 14.1. The van der Waals surface area contributed by atoms with Crippen molar-refractivity contribution >= 4 is 35.2 Å². The Labute approximate surface area is 187 Å². The lowest BCUT2D eigenvalue weighted by Crippen LogP contribution is -2.52. The second kappa shape index (κ2) is 10.8. The van der Waals surface area contributed by atoms with Gasteiger partial charge < -0.3 is 10.2 Å². The molecule has 0 radical (unpaired) electrons. The van der Waals surface area contributed by atoms with Gasteiger partial charge >= 0.3 is 0 Å². The Morgan fingerprint density at radius 2 is 1.77 bits per heavy atom. The van der Waals surface area contributed by atoms with Gasteiger partial charge in [-0.2, -0.15) is 0 Å². The third-order valence-electron chi connectivity index (χ3n) is 4.37. The van der Waals surface area contributed by atoms with Gasteiger partial charge in [-0.05, 0) is 57.0 Å². The second-order valence-electron chi connectivity index (χ2n) is 8.15. The van der Waals surface area contributed by atoms with Gasteiger partial charge in [-0.15, -0.1) is 11.8 Å². The molecule has 30 heavy (non-hydrogen) atoms. The Morgan fingerprint density at radius 1 is 1.13 bits per heavy atom. The maximum absolute atomic E-state index is 13.0. The second-order valence-corrected chi connectivity index (χ2v) is 9.54. The van der Waals surface area contributed by atoms with Crippen molar-refractivity contribution in [3.63, 3.8) is 0 Å². The van der Waals surface area contributed by atoms with E-state index in [4.69, 9.17) is 11.6 Å². The van der Waals surface area contributed by atoms with Gasteiger partial charge in [0.05, 0.1) is 5.75 Å². The molecule has 2 aromatic carbocycles. The van der Waals surface area contributed by atoms with E-state index in [-0.39, 0.29) is 29.9 Å². The van der Waals surface area contributed by atoms with E-state index >= 15 is 0 Å². The maximum Gasteiger partial charge on any atom is 0.242 e. The molecule has 0 aliphatic rings. The number of carbonyl (C=O) groups is 2. The van der Waals surface area contributed by atoms with Gasteiger partial charge in [-0.3, -0.25) is 9.59 Å². The summed E-state index contributed by atoms with van der Waals surface area (Å²) in [6.45, 7) is 7.66. The Morgan fingerprint density at radius 3 is 2.37 bits per heavy atom. The maximum atomic E-state index is 13.0. The average Bonchev–Trinajstić information content (AvgIpc) is 2.67. The van der Waals surface area contributed by atoms with Crippen molar-refractivity contribution in [1.82, 2.24) is 10.2 Å². The third-order valence-corrected chi connectivity index (χ3v) is 5.73. The van der Waals surface area contributed by atoms with Crippen molar-refractivity contribution in [3.05, 3.63) is 70.5 Å². The van der Waals surface area contributed by atoms with E-state index in [1.807, 2.05) is 39.0 Å². The number of carbonyl (C=O) groups excluding carboxylic acids is 2. The Balaban J connectivity index is 2.10. The predicted octanol–water partition coefficient (Wildman–Crippen LogP) is 5.04. The summed E-state index contributed by atoms with van der Waals surface area (Å²) in [6.07, 6.45) is 0. The number of hydrogen-bond acceptors (Lipinski definition) is 3. The predicted molar refractivity (Wildman–Crippen MR) is 122 cm³/mol. The molecule has 0 saturated heterocycles. The van der Waals surface area contributed by atoms with Crippen LogP contribution in [0.25, 0.3) is 0 Å². The summed E-state index contributed by atoms with van der Waals surface area (Å²) in [5.41, 5.74) is 1.32. The van der Waals surface area contributed by atoms with E-state index in [1.165, 1.54) is 23.9 Å². The highest BCUT2D eigenvalue weighted by Crippen LogP contribution is 2.21. The molecular weight excluding hydrogens is 423 g/mol. The molecule has 0 aromatic heterocycles. The summed E-state index contributed by atoms with van der Waals surface area (Å²) in [6, 6.07) is 12.9. The van der Waals surface area contributed by atoms with E-state index in [0.717, 1.165) is 11.1 Å². The van der Waals surface area contributed by atoms with E-state index in [9.17, 15) is 14.0 Å². The van der Waals surface area contributed by atoms with Crippen molar-refractivity contribution in [2.24, 2.45) is 0 Å². The van der Waals surface area contributed by atoms with E-state index in [2.05, 4.69) is 5.32 Å². The van der Waals surface area contributed by atoms with Crippen LogP contribution in [0.3, 0.4) is 0 Å². The van der Waals surface area contributed by atoms with Crippen LogP contribution in [0.15, 0.2) is 48.5 Å². The number of benzene rings is 2. The van der Waals surface area contributed by atoms with E-state index in [1.54, 1.807) is 30.0 Å². The fraction of sp³-hybridized carbons (Fsp3) is 0.391. The molecule has 0 bridgehead atoms. The molecule has 0 fully saturated rings. The molecular formula is C23H28ClFN2O2S. The zero-order valence-electron chi connectivity index (χ0n) is 17.7. The molecule has 0 heterocycles. The molecule has 2 aromatic rings. The van der Waals surface area contributed by atoms with Gasteiger partial charge in [0.2, 0.25) is 11.8 Å². The van der Waals surface area contributed by atoms with Gasteiger partial charge in [0.25, 0.3) is 0 Å². The van der Waals surface area contributed by atoms with Gasteiger partial charge in [0.15, 0.2) is 0 Å². The Kier molecular flexibility index (Phi) is 8.74. The van der Waals surface area contributed by atoms with Crippen LogP contribution >= 0.6 is 23.4 Å². The van der Waals surface area contributed by atoms with Crippen LogP contribution in [0.4, 0.5) is 4.39 Å². The monoisotopic (exact) mass is 450 g/mol. The number of amides is 2. The SMILES string of the molecule is C[C@@H](C(=O)NC(C)(C)C)N(Cc1ccccc1Cl)C(=O)CSCc1ccc(F)cc1. The minimum Gasteiger partial charge on any atom is -0.350 e. The van der Waals surface area contributed by atoms with Crippen molar-refractivity contribution in [3.8, 4) is 0 Å². The minimum atomic E-state index is -0.653. The molecule has 1 atom stereocenters. The normalized spacial score (nSPS) is 12.3. The van der Waals surface area contributed by atoms with E-state index < -0.39 is 11.6 Å². The van der Waals surface area contributed by atoms with Crippen LogP contribution in [0.1, 0.15) is 38.8 Å². The van der Waals surface area contributed by atoms with Gasteiger partial charge in [-0.25, -0.2) is 4.39 Å². The van der Waals surface area contributed by atoms with E-state index in [0.29, 0.717) is 10.8 Å². The number of hydrogen-bond donors (Lipinski definition) is 1. The molecule has 4 nitrogen and oxygen atoms in total. The minimum absolute atomic E-state index is 0.154. The zero-order valence-corrected chi connectivity index (χ0v) is 19.3. The Hall–Kier alpha value is -2.05. The lowest BCUT2D eigenvalue weighted by molar-refractivity contribution is -0.139. The zero-order chi connectivity index (χ0) is 22.3. The lowest BCUT2D eigenvalue weighted by atomic mass is 10.1. The number of thioether (sulfide) groups is 1. The summed E-state index contributed by atoms with van der Waals surface area (Å²) in [5, 5.41) is 3.49. The quantitative estimate of drug-likeness (QED) is 0.612. The number of halogens is 2. The largest absolute Gasteiger partial charge is 0.350 e. The molecule has 0 spiro atoms. The molecule has 162 valence electrons. The molecule has 0 aliphatic carbocycles. The van der Waals surface area contributed by atoms with Crippen LogP contribution in [-0.2, 0) is 21.9 Å². The first kappa shape index (κ1) is 24.2. The average molecular weight is 451 g/mol. The molecule has 0 aliphatic heterocycles. The highest BCUT2D eigenvalue weighted by atomic mass is 35.5. The first-order valence-corrected chi connectivity index (χ1v) is 11.3. The van der Waals surface area contributed by atoms with Crippen molar-refractivity contribution in [1.29, 1.82) is 0 Å². The van der Waals surface area contributed by atoms with Crippen molar-refractivity contribution in [2.45, 2.75) is 51.6 Å². The summed E-state index contributed by atoms with van der Waals surface area (Å²) in [4.78, 5) is 27.3. The molecule has 1 N–H and O–H groups in total. The van der Waals surface area contributed by atoms with Gasteiger partial charge in [0, 0.05) is 22.9 Å². The topological polar surface area (TPSA) is 49.4 Å². The molecule has 0 unspecified atom stereocenters. The molecule has 2 amide bonds. The van der Waals surface area contributed by atoms with Crippen LogP contribution in [0.5, 0.6) is 0 Å². The first-order valence-electron chi connectivity index (χ1n) is 9.74. The molecule has 0 saturated carbocycles. The smallest absolute Gasteiger partial charge is 0.242 e. The number of nitrogens with zero attached hydrogens (tertiary/aromatic N) is 1. The summed E-state index contributed by atoms with van der Waals surface area (Å²) in [7, 11) is 0. The van der Waals surface area contributed by atoms with Crippen molar-refractivity contribution in [2.75, 3.05) is 5.75 Å². The summed E-state index contributed by atoms with van der Waals surface area (Å²) < 4.78 is 13.0.